The first-order chi connectivity index (χ1) is 15.9. The van der Waals surface area contributed by atoms with E-state index in [1.165, 1.54) is 16.1 Å². The van der Waals surface area contributed by atoms with E-state index in [1.54, 1.807) is 24.3 Å². The van der Waals surface area contributed by atoms with Crippen molar-refractivity contribution in [1.29, 1.82) is 0 Å². The van der Waals surface area contributed by atoms with E-state index in [4.69, 9.17) is 0 Å². The fraction of sp³-hybridized carbons (Fsp3) is 0.348. The molecule has 0 radical (unpaired) electrons. The lowest BCUT2D eigenvalue weighted by molar-refractivity contribution is -0.115. The Morgan fingerprint density at radius 3 is 2.36 bits per heavy atom. The van der Waals surface area contributed by atoms with Gasteiger partial charge in [0.05, 0.1) is 10.1 Å². The van der Waals surface area contributed by atoms with Gasteiger partial charge in [0, 0.05) is 30.9 Å². The fourth-order valence-corrected chi connectivity index (χ4v) is 6.14. The second kappa shape index (κ2) is 10.1. The Bertz CT molecular complexity index is 1200. The molecule has 33 heavy (non-hydrogen) atoms. The molecule has 2 heterocycles. The summed E-state index contributed by atoms with van der Waals surface area (Å²) >= 11 is 1.34. The summed E-state index contributed by atoms with van der Waals surface area (Å²) < 4.78 is 28.8. The van der Waals surface area contributed by atoms with Crippen molar-refractivity contribution in [2.24, 2.45) is 0 Å². The van der Waals surface area contributed by atoms with Gasteiger partial charge in [0.2, 0.25) is 15.9 Å². The van der Waals surface area contributed by atoms with Crippen molar-refractivity contribution >= 4 is 33.4 Å². The van der Waals surface area contributed by atoms with Crippen LogP contribution in [-0.4, -0.2) is 51.7 Å². The van der Waals surface area contributed by atoms with Crippen molar-refractivity contribution in [2.75, 3.05) is 18.4 Å². The van der Waals surface area contributed by atoms with E-state index in [0.29, 0.717) is 30.5 Å². The molecule has 1 fully saturated rings. The quantitative estimate of drug-likeness (QED) is 0.487. The Hall–Kier alpha value is -2.69. The summed E-state index contributed by atoms with van der Waals surface area (Å²) in [5.74, 6) is 0.574. The molecule has 8 nitrogen and oxygen atoms in total. The highest BCUT2D eigenvalue weighted by Gasteiger charge is 2.27. The monoisotopic (exact) mass is 485 g/mol. The van der Waals surface area contributed by atoms with Crippen LogP contribution in [0.4, 0.5) is 5.69 Å². The number of carbonyl (C=O) groups is 1. The largest absolute Gasteiger partial charge is 0.325 e. The highest BCUT2D eigenvalue weighted by Crippen LogP contribution is 2.28. The van der Waals surface area contributed by atoms with Crippen molar-refractivity contribution in [3.63, 3.8) is 0 Å². The molecule has 0 bridgehead atoms. The minimum absolute atomic E-state index is 0.193. The lowest BCUT2D eigenvalue weighted by atomic mass is 10.2. The van der Waals surface area contributed by atoms with Gasteiger partial charge in [-0.3, -0.25) is 4.79 Å². The molecule has 1 aliphatic rings. The number of benzene rings is 2. The molecule has 3 aromatic rings. The maximum atomic E-state index is 12.8. The summed E-state index contributed by atoms with van der Waals surface area (Å²) in [7, 11) is -3.47. The summed E-state index contributed by atoms with van der Waals surface area (Å²) in [5, 5.41) is 11.7. The SMILES string of the molecule is CCn1c(SC(C)C(=O)Nc2ccc(S(=O)(=O)N3CCCC3)cc2)nnc1-c1ccccc1. The van der Waals surface area contributed by atoms with Crippen LogP contribution >= 0.6 is 11.8 Å². The van der Waals surface area contributed by atoms with Crippen molar-refractivity contribution in [1.82, 2.24) is 19.1 Å². The molecule has 10 heteroatoms. The summed E-state index contributed by atoms with van der Waals surface area (Å²) in [5.41, 5.74) is 1.52. The lowest BCUT2D eigenvalue weighted by Gasteiger charge is -2.16. The number of sulfonamides is 1. The van der Waals surface area contributed by atoms with Gasteiger partial charge in [-0.05, 0) is 51.0 Å². The van der Waals surface area contributed by atoms with Crippen LogP contribution in [0.1, 0.15) is 26.7 Å². The molecule has 1 unspecified atom stereocenters. The third-order valence-electron chi connectivity index (χ3n) is 5.54. The maximum absolute atomic E-state index is 12.8. The van der Waals surface area contributed by atoms with Crippen LogP contribution < -0.4 is 5.32 Å². The molecule has 1 N–H and O–H groups in total. The zero-order valence-corrected chi connectivity index (χ0v) is 20.3. The summed E-state index contributed by atoms with van der Waals surface area (Å²) in [6.07, 6.45) is 1.78. The molecular formula is C23H27N5O3S2. The van der Waals surface area contributed by atoms with Crippen LogP contribution in [0.2, 0.25) is 0 Å². The number of anilines is 1. The van der Waals surface area contributed by atoms with E-state index in [0.717, 1.165) is 24.2 Å². The summed E-state index contributed by atoms with van der Waals surface area (Å²) in [6.45, 7) is 5.63. The Labute approximate surface area is 198 Å². The van der Waals surface area contributed by atoms with Crippen molar-refractivity contribution < 1.29 is 13.2 Å². The number of aromatic nitrogens is 3. The number of rotatable bonds is 8. The number of nitrogens with one attached hydrogen (secondary N) is 1. The maximum Gasteiger partial charge on any atom is 0.243 e. The normalized spacial score (nSPS) is 15.5. The second-order valence-electron chi connectivity index (χ2n) is 7.80. The number of hydrogen-bond donors (Lipinski definition) is 1. The van der Waals surface area contributed by atoms with Crippen LogP contribution in [0.25, 0.3) is 11.4 Å². The molecule has 0 saturated carbocycles. The zero-order valence-electron chi connectivity index (χ0n) is 18.6. The third kappa shape index (κ3) is 5.13. The van der Waals surface area contributed by atoms with Gasteiger partial charge in [-0.1, -0.05) is 42.1 Å². The molecule has 1 saturated heterocycles. The van der Waals surface area contributed by atoms with Crippen LogP contribution in [0, 0.1) is 0 Å². The number of hydrogen-bond acceptors (Lipinski definition) is 6. The minimum atomic E-state index is -3.47. The summed E-state index contributed by atoms with van der Waals surface area (Å²) in [4.78, 5) is 13.0. The van der Waals surface area contributed by atoms with Gasteiger partial charge in [-0.2, -0.15) is 4.31 Å². The van der Waals surface area contributed by atoms with Crippen LogP contribution in [0.5, 0.6) is 0 Å². The van der Waals surface area contributed by atoms with E-state index < -0.39 is 15.3 Å². The molecule has 1 aliphatic heterocycles. The Morgan fingerprint density at radius 1 is 1.06 bits per heavy atom. The Kier molecular flexibility index (Phi) is 7.16. The number of thioether (sulfide) groups is 1. The minimum Gasteiger partial charge on any atom is -0.325 e. The molecule has 1 aromatic heterocycles. The molecular weight excluding hydrogens is 458 g/mol. The van der Waals surface area contributed by atoms with E-state index >= 15 is 0 Å². The fourth-order valence-electron chi connectivity index (χ4n) is 3.71. The van der Waals surface area contributed by atoms with E-state index in [2.05, 4.69) is 15.5 Å². The molecule has 0 spiro atoms. The highest BCUT2D eigenvalue weighted by atomic mass is 32.2. The van der Waals surface area contributed by atoms with Crippen molar-refractivity contribution in [3.8, 4) is 11.4 Å². The number of carbonyl (C=O) groups excluding carboxylic acids is 1. The Morgan fingerprint density at radius 2 is 1.73 bits per heavy atom. The molecule has 4 rings (SSSR count). The van der Waals surface area contributed by atoms with Gasteiger partial charge in [-0.15, -0.1) is 10.2 Å². The van der Waals surface area contributed by atoms with Crippen molar-refractivity contribution in [3.05, 3.63) is 54.6 Å². The van der Waals surface area contributed by atoms with Crippen LogP contribution in [0.3, 0.4) is 0 Å². The first-order valence-electron chi connectivity index (χ1n) is 11.0. The zero-order chi connectivity index (χ0) is 23.4. The molecule has 1 atom stereocenters. The predicted octanol–water partition coefficient (Wildman–Crippen LogP) is 3.87. The van der Waals surface area contributed by atoms with E-state index in [-0.39, 0.29) is 10.8 Å². The van der Waals surface area contributed by atoms with Gasteiger partial charge in [0.15, 0.2) is 11.0 Å². The average Bonchev–Trinajstić information content (AvgIpc) is 3.50. The lowest BCUT2D eigenvalue weighted by Crippen LogP contribution is -2.27. The number of nitrogens with zero attached hydrogens (tertiary/aromatic N) is 4. The van der Waals surface area contributed by atoms with Crippen LogP contribution in [-0.2, 0) is 21.4 Å². The number of amides is 1. The van der Waals surface area contributed by atoms with Crippen LogP contribution in [0.15, 0.2) is 64.6 Å². The average molecular weight is 486 g/mol. The Balaban J connectivity index is 1.42. The third-order valence-corrected chi connectivity index (χ3v) is 8.53. The molecule has 0 aliphatic carbocycles. The van der Waals surface area contributed by atoms with Gasteiger partial charge in [0.1, 0.15) is 0 Å². The van der Waals surface area contributed by atoms with Crippen molar-refractivity contribution in [2.45, 2.75) is 48.5 Å². The summed E-state index contributed by atoms with van der Waals surface area (Å²) in [6, 6.07) is 16.2. The van der Waals surface area contributed by atoms with Gasteiger partial charge >= 0.3 is 0 Å². The molecule has 1 amide bonds. The van der Waals surface area contributed by atoms with E-state index in [9.17, 15) is 13.2 Å². The van der Waals surface area contributed by atoms with Gasteiger partial charge < -0.3 is 9.88 Å². The van der Waals surface area contributed by atoms with Gasteiger partial charge in [-0.25, -0.2) is 8.42 Å². The smallest absolute Gasteiger partial charge is 0.243 e. The first-order valence-corrected chi connectivity index (χ1v) is 13.3. The highest BCUT2D eigenvalue weighted by molar-refractivity contribution is 8.00. The standard InChI is InChI=1S/C23H27N5O3S2/c1-3-28-21(18-9-5-4-6-10-18)25-26-23(28)32-17(2)22(29)24-19-11-13-20(14-12-19)33(30,31)27-15-7-8-16-27/h4-6,9-14,17H,3,7-8,15-16H2,1-2H3,(H,24,29). The topological polar surface area (TPSA) is 97.2 Å². The second-order valence-corrected chi connectivity index (χ2v) is 11.0. The molecule has 174 valence electrons. The van der Waals surface area contributed by atoms with Gasteiger partial charge in [0.25, 0.3) is 0 Å². The first kappa shape index (κ1) is 23.5. The predicted molar refractivity (Wildman–Crippen MR) is 130 cm³/mol. The van der Waals surface area contributed by atoms with E-state index in [1.807, 2.05) is 48.7 Å². The molecule has 2 aromatic carbocycles.